The normalized spacial score (nSPS) is 11.2. The van der Waals surface area contributed by atoms with E-state index in [-0.39, 0.29) is 6.42 Å². The van der Waals surface area contributed by atoms with E-state index in [1.807, 2.05) is 30.3 Å². The average molecular weight is 318 g/mol. The Labute approximate surface area is 118 Å². The van der Waals surface area contributed by atoms with Crippen LogP contribution in [0.3, 0.4) is 0 Å². The first-order chi connectivity index (χ1) is 9.18. The Balaban J connectivity index is 2.33. The van der Waals surface area contributed by atoms with Crippen molar-refractivity contribution >= 4 is 43.7 Å². The Morgan fingerprint density at radius 3 is 2.63 bits per heavy atom. The third-order valence-corrected chi connectivity index (χ3v) is 3.93. The van der Waals surface area contributed by atoms with Gasteiger partial charge in [-0.25, -0.2) is 0 Å². The molecule has 1 heterocycles. The summed E-state index contributed by atoms with van der Waals surface area (Å²) in [6.45, 7) is 0.474. The number of halogens is 1. The summed E-state index contributed by atoms with van der Waals surface area (Å²) in [6.07, 6.45) is 0.120. The summed E-state index contributed by atoms with van der Waals surface area (Å²) in [4.78, 5) is 10.8. The molecule has 0 aliphatic rings. The minimum Gasteiger partial charge on any atom is -0.481 e. The van der Waals surface area contributed by atoms with Crippen molar-refractivity contribution in [2.24, 2.45) is 0 Å². The zero-order valence-electron chi connectivity index (χ0n) is 10.1. The first-order valence-corrected chi connectivity index (χ1v) is 6.85. The van der Waals surface area contributed by atoms with Gasteiger partial charge >= 0.3 is 5.97 Å². The van der Waals surface area contributed by atoms with Crippen molar-refractivity contribution in [2.45, 2.75) is 13.0 Å². The number of para-hydroxylation sites is 2. The van der Waals surface area contributed by atoms with Gasteiger partial charge in [0, 0.05) is 27.3 Å². The van der Waals surface area contributed by atoms with Gasteiger partial charge in [0.2, 0.25) is 0 Å². The third kappa shape index (κ3) is 2.02. The Kier molecular flexibility index (Phi) is 3.03. The van der Waals surface area contributed by atoms with Crippen molar-refractivity contribution in [3.05, 3.63) is 46.9 Å². The highest BCUT2D eigenvalue weighted by Crippen LogP contribution is 2.33. The van der Waals surface area contributed by atoms with Crippen LogP contribution in [-0.2, 0) is 11.3 Å². The molecule has 2 aromatic carbocycles. The molecule has 96 valence electrons. The quantitative estimate of drug-likeness (QED) is 0.792. The number of aryl methyl sites for hydroxylation is 1. The van der Waals surface area contributed by atoms with E-state index in [1.54, 1.807) is 0 Å². The lowest BCUT2D eigenvalue weighted by Gasteiger charge is -2.06. The van der Waals surface area contributed by atoms with Gasteiger partial charge in [-0.1, -0.05) is 30.3 Å². The van der Waals surface area contributed by atoms with Gasteiger partial charge in [0.1, 0.15) is 0 Å². The SMILES string of the molecule is O=C(O)CCn1c2ccccc2c2cccc(Br)c21. The summed E-state index contributed by atoms with van der Waals surface area (Å²) in [5, 5.41) is 11.2. The number of carboxylic acid groups (broad SMARTS) is 1. The van der Waals surface area contributed by atoms with Crippen molar-refractivity contribution in [3.63, 3.8) is 0 Å². The Morgan fingerprint density at radius 1 is 1.11 bits per heavy atom. The number of hydrogen-bond donors (Lipinski definition) is 1. The first-order valence-electron chi connectivity index (χ1n) is 6.06. The maximum Gasteiger partial charge on any atom is 0.305 e. The Bertz CT molecular complexity index is 776. The van der Waals surface area contributed by atoms with Gasteiger partial charge in [0.15, 0.2) is 0 Å². The average Bonchev–Trinajstić information content (AvgIpc) is 2.72. The molecule has 0 bridgehead atoms. The standard InChI is InChI=1S/C15H12BrNO2/c16-12-6-3-5-11-10-4-1-2-7-13(10)17(15(11)12)9-8-14(18)19/h1-7H,8-9H2,(H,18,19). The lowest BCUT2D eigenvalue weighted by atomic mass is 10.2. The summed E-state index contributed by atoms with van der Waals surface area (Å²) in [6, 6.07) is 14.1. The molecule has 0 unspecified atom stereocenters. The number of aliphatic carboxylic acids is 1. The minimum absolute atomic E-state index is 0.120. The van der Waals surface area contributed by atoms with Crippen LogP contribution in [0.25, 0.3) is 21.8 Å². The van der Waals surface area contributed by atoms with Crippen LogP contribution in [0, 0.1) is 0 Å². The highest BCUT2D eigenvalue weighted by molar-refractivity contribution is 9.10. The molecule has 19 heavy (non-hydrogen) atoms. The molecule has 0 atom stereocenters. The molecule has 0 spiro atoms. The van der Waals surface area contributed by atoms with Gasteiger partial charge in [-0.05, 0) is 28.1 Å². The molecule has 3 rings (SSSR count). The van der Waals surface area contributed by atoms with Crippen molar-refractivity contribution in [3.8, 4) is 0 Å². The highest BCUT2D eigenvalue weighted by Gasteiger charge is 2.12. The number of carbonyl (C=O) groups is 1. The maximum absolute atomic E-state index is 10.8. The van der Waals surface area contributed by atoms with Crippen LogP contribution in [-0.4, -0.2) is 15.6 Å². The van der Waals surface area contributed by atoms with Crippen molar-refractivity contribution in [2.75, 3.05) is 0 Å². The fraction of sp³-hybridized carbons (Fsp3) is 0.133. The molecule has 0 fully saturated rings. The summed E-state index contributed by atoms with van der Waals surface area (Å²) in [5.41, 5.74) is 2.13. The summed E-state index contributed by atoms with van der Waals surface area (Å²) < 4.78 is 3.06. The molecule has 1 N–H and O–H groups in total. The number of hydrogen-bond acceptors (Lipinski definition) is 1. The molecular formula is C15H12BrNO2. The van der Waals surface area contributed by atoms with E-state index < -0.39 is 5.97 Å². The van der Waals surface area contributed by atoms with Gasteiger partial charge in [0.05, 0.1) is 11.9 Å². The van der Waals surface area contributed by atoms with Crippen LogP contribution >= 0.6 is 15.9 Å². The van der Waals surface area contributed by atoms with Gasteiger partial charge in [0.25, 0.3) is 0 Å². The summed E-state index contributed by atoms with van der Waals surface area (Å²) in [5.74, 6) is -0.780. The zero-order chi connectivity index (χ0) is 13.4. The number of rotatable bonds is 3. The van der Waals surface area contributed by atoms with Crippen LogP contribution in [0.4, 0.5) is 0 Å². The van der Waals surface area contributed by atoms with E-state index >= 15 is 0 Å². The van der Waals surface area contributed by atoms with E-state index in [1.165, 1.54) is 0 Å². The minimum atomic E-state index is -0.780. The van der Waals surface area contributed by atoms with E-state index in [2.05, 4.69) is 32.6 Å². The van der Waals surface area contributed by atoms with Gasteiger partial charge < -0.3 is 9.67 Å². The molecule has 0 saturated heterocycles. The van der Waals surface area contributed by atoms with Crippen LogP contribution in [0.1, 0.15) is 6.42 Å². The predicted molar refractivity (Wildman–Crippen MR) is 79.4 cm³/mol. The predicted octanol–water partition coefficient (Wildman–Crippen LogP) is 4.03. The number of nitrogens with zero attached hydrogens (tertiary/aromatic N) is 1. The van der Waals surface area contributed by atoms with Crippen molar-refractivity contribution < 1.29 is 9.90 Å². The highest BCUT2D eigenvalue weighted by atomic mass is 79.9. The zero-order valence-corrected chi connectivity index (χ0v) is 11.7. The van der Waals surface area contributed by atoms with Crippen molar-refractivity contribution in [1.82, 2.24) is 4.57 Å². The molecule has 3 aromatic rings. The monoisotopic (exact) mass is 317 g/mol. The molecule has 0 aliphatic heterocycles. The smallest absolute Gasteiger partial charge is 0.305 e. The second kappa shape index (κ2) is 4.70. The maximum atomic E-state index is 10.8. The van der Waals surface area contributed by atoms with Crippen LogP contribution in [0.15, 0.2) is 46.9 Å². The number of benzene rings is 2. The molecule has 0 aliphatic carbocycles. The van der Waals surface area contributed by atoms with Crippen LogP contribution in [0.2, 0.25) is 0 Å². The fourth-order valence-corrected chi connectivity index (χ4v) is 3.08. The van der Waals surface area contributed by atoms with Crippen LogP contribution < -0.4 is 0 Å². The number of carboxylic acids is 1. The van der Waals surface area contributed by atoms with Gasteiger partial charge in [-0.15, -0.1) is 0 Å². The molecule has 0 saturated carbocycles. The lowest BCUT2D eigenvalue weighted by Crippen LogP contribution is -2.04. The second-order valence-corrected chi connectivity index (χ2v) is 5.30. The fourth-order valence-electron chi connectivity index (χ4n) is 2.50. The summed E-state index contributed by atoms with van der Waals surface area (Å²) in [7, 11) is 0. The lowest BCUT2D eigenvalue weighted by molar-refractivity contribution is -0.137. The van der Waals surface area contributed by atoms with Gasteiger partial charge in [-0.2, -0.15) is 0 Å². The van der Waals surface area contributed by atoms with E-state index in [9.17, 15) is 4.79 Å². The molecule has 0 radical (unpaired) electrons. The largest absolute Gasteiger partial charge is 0.481 e. The topological polar surface area (TPSA) is 42.2 Å². The van der Waals surface area contributed by atoms with E-state index in [0.29, 0.717) is 6.54 Å². The summed E-state index contributed by atoms with van der Waals surface area (Å²) >= 11 is 3.56. The van der Waals surface area contributed by atoms with E-state index in [0.717, 1.165) is 26.3 Å². The van der Waals surface area contributed by atoms with E-state index in [4.69, 9.17) is 5.11 Å². The first kappa shape index (κ1) is 12.2. The number of aromatic nitrogens is 1. The Hall–Kier alpha value is -1.81. The second-order valence-electron chi connectivity index (χ2n) is 4.45. The molecule has 3 nitrogen and oxygen atoms in total. The molecular weight excluding hydrogens is 306 g/mol. The molecule has 0 amide bonds. The van der Waals surface area contributed by atoms with Crippen molar-refractivity contribution in [1.29, 1.82) is 0 Å². The van der Waals surface area contributed by atoms with Crippen LogP contribution in [0.5, 0.6) is 0 Å². The third-order valence-electron chi connectivity index (χ3n) is 3.29. The molecule has 1 aromatic heterocycles. The molecule has 4 heteroatoms. The Morgan fingerprint density at radius 2 is 1.84 bits per heavy atom. The van der Waals surface area contributed by atoms with Gasteiger partial charge in [-0.3, -0.25) is 4.79 Å². The number of fused-ring (bicyclic) bond motifs is 3.